The van der Waals surface area contributed by atoms with Gasteiger partial charge in [-0.1, -0.05) is 68.5 Å². The van der Waals surface area contributed by atoms with Crippen LogP contribution < -0.4 is 0 Å². The first-order chi connectivity index (χ1) is 15.1. The molecule has 3 aromatic carbocycles. The zero-order valence-corrected chi connectivity index (χ0v) is 18.1. The molecule has 0 fully saturated rings. The second-order valence-corrected chi connectivity index (χ2v) is 8.70. The molecule has 2 N–H and O–H groups in total. The van der Waals surface area contributed by atoms with Gasteiger partial charge in [-0.05, 0) is 88.4 Å². The first-order valence-corrected chi connectivity index (χ1v) is 11.2. The summed E-state index contributed by atoms with van der Waals surface area (Å²) < 4.78 is 0. The van der Waals surface area contributed by atoms with Gasteiger partial charge in [0.15, 0.2) is 0 Å². The SMILES string of the molecule is CCc1ccc2c(c1)C1=C(C=CC(CC)C1)C2(c1ccc(O)cc1)c1ccc(O)cc1. The zero-order chi connectivity index (χ0) is 21.6. The van der Waals surface area contributed by atoms with Gasteiger partial charge >= 0.3 is 0 Å². The predicted octanol–water partition coefficient (Wildman–Crippen LogP) is 6.75. The lowest BCUT2D eigenvalue weighted by molar-refractivity contribution is 0.474. The van der Waals surface area contributed by atoms with Gasteiger partial charge in [-0.3, -0.25) is 0 Å². The van der Waals surface area contributed by atoms with Crippen LogP contribution in [0.25, 0.3) is 5.57 Å². The number of hydrogen-bond acceptors (Lipinski definition) is 2. The molecule has 5 rings (SSSR count). The van der Waals surface area contributed by atoms with E-state index in [4.69, 9.17) is 0 Å². The molecule has 0 amide bonds. The molecule has 2 nitrogen and oxygen atoms in total. The predicted molar refractivity (Wildman–Crippen MR) is 126 cm³/mol. The minimum Gasteiger partial charge on any atom is -0.508 e. The normalized spacial score (nSPS) is 18.7. The maximum Gasteiger partial charge on any atom is 0.115 e. The summed E-state index contributed by atoms with van der Waals surface area (Å²) in [5, 5.41) is 20.0. The third-order valence-electron chi connectivity index (χ3n) is 7.08. The van der Waals surface area contributed by atoms with Crippen LogP contribution in [-0.4, -0.2) is 10.2 Å². The minimum atomic E-state index is -0.465. The number of allylic oxidation sites excluding steroid dienone is 4. The molecule has 0 heterocycles. The number of aromatic hydroxyl groups is 2. The number of rotatable bonds is 4. The molecule has 31 heavy (non-hydrogen) atoms. The van der Waals surface area contributed by atoms with Crippen molar-refractivity contribution in [1.82, 2.24) is 0 Å². The van der Waals surface area contributed by atoms with Crippen molar-refractivity contribution in [2.45, 2.75) is 38.5 Å². The summed E-state index contributed by atoms with van der Waals surface area (Å²) in [6.45, 7) is 4.46. The van der Waals surface area contributed by atoms with Crippen molar-refractivity contribution >= 4 is 5.57 Å². The fourth-order valence-corrected chi connectivity index (χ4v) is 5.40. The molecule has 1 atom stereocenters. The van der Waals surface area contributed by atoms with Crippen LogP contribution in [0.4, 0.5) is 0 Å². The molecule has 156 valence electrons. The third-order valence-corrected chi connectivity index (χ3v) is 7.08. The van der Waals surface area contributed by atoms with Crippen molar-refractivity contribution in [2.24, 2.45) is 5.92 Å². The van der Waals surface area contributed by atoms with Gasteiger partial charge < -0.3 is 10.2 Å². The Labute approximate surface area is 184 Å². The molecule has 0 aliphatic heterocycles. The van der Waals surface area contributed by atoms with E-state index in [1.807, 2.05) is 24.3 Å². The first kappa shape index (κ1) is 19.7. The standard InChI is InChI=1S/C29H28O2/c1-3-19-5-15-27-25(17-19)26-18-20(4-2)6-16-28(26)29(27,21-7-11-23(30)12-8-21)22-9-13-24(31)14-10-22/h5-17,20,30-31H,3-4,18H2,1-2H3. The Morgan fingerprint density at radius 2 is 1.45 bits per heavy atom. The van der Waals surface area contributed by atoms with Gasteiger partial charge in [0.25, 0.3) is 0 Å². The van der Waals surface area contributed by atoms with Crippen LogP contribution in [0.5, 0.6) is 11.5 Å². The Morgan fingerprint density at radius 1 is 0.839 bits per heavy atom. The molecule has 0 saturated heterocycles. The summed E-state index contributed by atoms with van der Waals surface area (Å²) in [6, 6.07) is 22.2. The lowest BCUT2D eigenvalue weighted by Gasteiger charge is -2.36. The van der Waals surface area contributed by atoms with Crippen molar-refractivity contribution in [3.05, 3.63) is 112 Å². The van der Waals surface area contributed by atoms with E-state index >= 15 is 0 Å². The molecule has 0 radical (unpaired) electrons. The average molecular weight is 409 g/mol. The fraction of sp³-hybridized carbons (Fsp3) is 0.241. The molecule has 0 saturated carbocycles. The maximum atomic E-state index is 9.99. The zero-order valence-electron chi connectivity index (χ0n) is 18.1. The van der Waals surface area contributed by atoms with Gasteiger partial charge in [0.2, 0.25) is 0 Å². The van der Waals surface area contributed by atoms with Crippen molar-refractivity contribution in [1.29, 1.82) is 0 Å². The van der Waals surface area contributed by atoms with Crippen LogP contribution in [0.1, 0.15) is 54.5 Å². The topological polar surface area (TPSA) is 40.5 Å². The average Bonchev–Trinajstić information content (AvgIpc) is 3.10. The van der Waals surface area contributed by atoms with Crippen molar-refractivity contribution in [3.8, 4) is 11.5 Å². The Balaban J connectivity index is 1.87. The van der Waals surface area contributed by atoms with E-state index in [2.05, 4.69) is 44.2 Å². The number of aryl methyl sites for hydroxylation is 1. The molecule has 0 spiro atoms. The van der Waals surface area contributed by atoms with Crippen LogP contribution in [0.15, 0.2) is 84.5 Å². The summed E-state index contributed by atoms with van der Waals surface area (Å²) in [6.07, 6.45) is 7.87. The Kier molecular flexibility index (Phi) is 4.74. The largest absolute Gasteiger partial charge is 0.508 e. The molecule has 0 aromatic heterocycles. The van der Waals surface area contributed by atoms with E-state index in [1.54, 1.807) is 24.3 Å². The number of benzene rings is 3. The Morgan fingerprint density at radius 3 is 2.00 bits per heavy atom. The van der Waals surface area contributed by atoms with Crippen LogP contribution in [-0.2, 0) is 11.8 Å². The van der Waals surface area contributed by atoms with Gasteiger partial charge in [-0.2, -0.15) is 0 Å². The molecule has 2 aliphatic carbocycles. The van der Waals surface area contributed by atoms with Crippen LogP contribution >= 0.6 is 0 Å². The number of phenols is 2. The van der Waals surface area contributed by atoms with E-state index in [9.17, 15) is 10.2 Å². The van der Waals surface area contributed by atoms with E-state index in [0.29, 0.717) is 5.92 Å². The monoisotopic (exact) mass is 408 g/mol. The van der Waals surface area contributed by atoms with E-state index in [1.165, 1.54) is 27.8 Å². The summed E-state index contributed by atoms with van der Waals surface area (Å²) >= 11 is 0. The summed E-state index contributed by atoms with van der Waals surface area (Å²) in [7, 11) is 0. The highest BCUT2D eigenvalue weighted by atomic mass is 16.3. The molecule has 2 aliphatic rings. The van der Waals surface area contributed by atoms with Gasteiger partial charge in [0, 0.05) is 0 Å². The second kappa shape index (κ2) is 7.46. The van der Waals surface area contributed by atoms with E-state index in [0.717, 1.165) is 30.4 Å². The molecule has 0 bridgehead atoms. The smallest absolute Gasteiger partial charge is 0.115 e. The minimum absolute atomic E-state index is 0.267. The van der Waals surface area contributed by atoms with Gasteiger partial charge in [0.05, 0.1) is 5.41 Å². The third kappa shape index (κ3) is 2.93. The number of fused-ring (bicyclic) bond motifs is 2. The Bertz CT molecular complexity index is 1130. The lowest BCUT2D eigenvalue weighted by atomic mass is 9.66. The summed E-state index contributed by atoms with van der Waals surface area (Å²) in [5.41, 5.74) is 8.52. The first-order valence-electron chi connectivity index (χ1n) is 11.2. The highest BCUT2D eigenvalue weighted by molar-refractivity contribution is 5.88. The molecular formula is C29H28O2. The van der Waals surface area contributed by atoms with Gasteiger partial charge in [-0.15, -0.1) is 0 Å². The van der Waals surface area contributed by atoms with Gasteiger partial charge in [-0.25, -0.2) is 0 Å². The fourth-order valence-electron chi connectivity index (χ4n) is 5.40. The lowest BCUT2D eigenvalue weighted by Crippen LogP contribution is -2.29. The van der Waals surface area contributed by atoms with E-state index < -0.39 is 5.41 Å². The number of phenolic OH excluding ortho intramolecular Hbond substituents is 2. The quantitative estimate of drug-likeness (QED) is 0.501. The maximum absolute atomic E-state index is 9.99. The Hall–Kier alpha value is -3.26. The second-order valence-electron chi connectivity index (χ2n) is 8.70. The highest BCUT2D eigenvalue weighted by Crippen LogP contribution is 2.58. The molecule has 1 unspecified atom stereocenters. The molecule has 3 aromatic rings. The van der Waals surface area contributed by atoms with Crippen molar-refractivity contribution in [3.63, 3.8) is 0 Å². The number of hydrogen-bond donors (Lipinski definition) is 2. The van der Waals surface area contributed by atoms with Crippen LogP contribution in [0.3, 0.4) is 0 Å². The highest BCUT2D eigenvalue weighted by Gasteiger charge is 2.47. The summed E-state index contributed by atoms with van der Waals surface area (Å²) in [4.78, 5) is 0. The molecular weight excluding hydrogens is 380 g/mol. The molecule has 2 heteroatoms. The van der Waals surface area contributed by atoms with E-state index in [-0.39, 0.29) is 11.5 Å². The van der Waals surface area contributed by atoms with Crippen molar-refractivity contribution < 1.29 is 10.2 Å². The van der Waals surface area contributed by atoms with Crippen LogP contribution in [0.2, 0.25) is 0 Å². The van der Waals surface area contributed by atoms with Crippen molar-refractivity contribution in [2.75, 3.05) is 0 Å². The van der Waals surface area contributed by atoms with Gasteiger partial charge in [0.1, 0.15) is 11.5 Å². The van der Waals surface area contributed by atoms with Crippen LogP contribution in [0, 0.1) is 5.92 Å². The summed E-state index contributed by atoms with van der Waals surface area (Å²) in [5.74, 6) is 1.08.